The predicted molar refractivity (Wildman–Crippen MR) is 102 cm³/mol. The number of morpholine rings is 1. The molecule has 0 atom stereocenters. The summed E-state index contributed by atoms with van der Waals surface area (Å²) in [5.74, 6) is -1.36. The largest absolute Gasteiger partial charge is 0.379 e. The lowest BCUT2D eigenvalue weighted by atomic mass is 10.1. The Morgan fingerprint density at radius 2 is 1.65 bits per heavy atom. The van der Waals surface area contributed by atoms with Gasteiger partial charge in [-0.25, -0.2) is 8.78 Å². The van der Waals surface area contributed by atoms with E-state index in [-0.39, 0.29) is 10.8 Å². The second-order valence-corrected chi connectivity index (χ2v) is 6.47. The lowest BCUT2D eigenvalue weighted by Gasteiger charge is -2.27. The van der Waals surface area contributed by atoms with Crippen LogP contribution < -0.4 is 10.6 Å². The first-order valence-corrected chi connectivity index (χ1v) is 8.90. The molecule has 2 N–H and O–H groups in total. The molecular weight excluding hydrogens is 356 g/mol. The second kappa shape index (κ2) is 9.02. The molecule has 1 aliphatic heterocycles. The highest BCUT2D eigenvalue weighted by molar-refractivity contribution is 7.80. The summed E-state index contributed by atoms with van der Waals surface area (Å²) in [5.41, 5.74) is 2.05. The molecule has 0 bridgehead atoms. The molecule has 0 radical (unpaired) electrons. The number of rotatable bonds is 5. The maximum atomic E-state index is 13.7. The third-order valence-corrected chi connectivity index (χ3v) is 4.50. The van der Waals surface area contributed by atoms with Crippen molar-refractivity contribution in [2.75, 3.05) is 31.6 Å². The molecule has 26 heavy (non-hydrogen) atoms. The summed E-state index contributed by atoms with van der Waals surface area (Å²) < 4.78 is 32.8. The van der Waals surface area contributed by atoms with Gasteiger partial charge in [0.2, 0.25) is 0 Å². The standard InChI is InChI=1S/C19H21F2N3OS/c20-16-6-3-7-17(21)18(16)23-19(26)22-12-14-4-1-2-5-15(14)13-24-8-10-25-11-9-24/h1-7H,8-13H2,(H2,22,23,26). The average Bonchev–Trinajstić information content (AvgIpc) is 2.65. The maximum absolute atomic E-state index is 13.7. The number of nitrogens with zero attached hydrogens (tertiary/aromatic N) is 1. The molecule has 0 aromatic heterocycles. The van der Waals surface area contributed by atoms with Crippen LogP contribution in [0, 0.1) is 11.6 Å². The second-order valence-electron chi connectivity index (χ2n) is 6.06. The smallest absolute Gasteiger partial charge is 0.171 e. The van der Waals surface area contributed by atoms with Gasteiger partial charge in [-0.2, -0.15) is 0 Å². The Balaban J connectivity index is 1.59. The van der Waals surface area contributed by atoms with Gasteiger partial charge in [0.25, 0.3) is 0 Å². The van der Waals surface area contributed by atoms with Crippen molar-refractivity contribution >= 4 is 23.0 Å². The van der Waals surface area contributed by atoms with Gasteiger partial charge in [-0.3, -0.25) is 4.90 Å². The minimum Gasteiger partial charge on any atom is -0.379 e. The van der Waals surface area contributed by atoms with Crippen LogP contribution in [0.2, 0.25) is 0 Å². The monoisotopic (exact) mass is 377 g/mol. The van der Waals surface area contributed by atoms with Crippen molar-refractivity contribution in [1.29, 1.82) is 0 Å². The van der Waals surface area contributed by atoms with E-state index in [0.29, 0.717) is 6.54 Å². The zero-order valence-electron chi connectivity index (χ0n) is 14.3. The van der Waals surface area contributed by atoms with Crippen molar-refractivity contribution in [3.63, 3.8) is 0 Å². The van der Waals surface area contributed by atoms with E-state index >= 15 is 0 Å². The molecule has 0 amide bonds. The van der Waals surface area contributed by atoms with Gasteiger partial charge in [-0.15, -0.1) is 0 Å². The zero-order valence-corrected chi connectivity index (χ0v) is 15.1. The number of benzene rings is 2. The molecule has 0 unspecified atom stereocenters. The molecule has 4 nitrogen and oxygen atoms in total. The highest BCUT2D eigenvalue weighted by Gasteiger charge is 2.13. The predicted octanol–water partition coefficient (Wildman–Crippen LogP) is 3.28. The van der Waals surface area contributed by atoms with Crippen LogP contribution in [0.25, 0.3) is 0 Å². The normalized spacial score (nSPS) is 14.8. The van der Waals surface area contributed by atoms with E-state index in [1.807, 2.05) is 18.2 Å². The van der Waals surface area contributed by atoms with Gasteiger partial charge in [0.15, 0.2) is 5.11 Å². The van der Waals surface area contributed by atoms with Crippen LogP contribution in [0.15, 0.2) is 42.5 Å². The van der Waals surface area contributed by atoms with Crippen LogP contribution in [-0.4, -0.2) is 36.3 Å². The van der Waals surface area contributed by atoms with E-state index in [1.165, 1.54) is 23.8 Å². The minimum absolute atomic E-state index is 0.176. The Morgan fingerprint density at radius 1 is 1.00 bits per heavy atom. The van der Waals surface area contributed by atoms with E-state index in [1.54, 1.807) is 0 Å². The lowest BCUT2D eigenvalue weighted by Crippen LogP contribution is -2.36. The fourth-order valence-corrected chi connectivity index (χ4v) is 3.01. The summed E-state index contributed by atoms with van der Waals surface area (Å²) in [7, 11) is 0. The summed E-state index contributed by atoms with van der Waals surface area (Å²) in [6, 6.07) is 11.8. The van der Waals surface area contributed by atoms with Gasteiger partial charge in [-0.05, 0) is 35.5 Å². The van der Waals surface area contributed by atoms with Crippen LogP contribution in [0.4, 0.5) is 14.5 Å². The van der Waals surface area contributed by atoms with Crippen LogP contribution in [0.5, 0.6) is 0 Å². The number of ether oxygens (including phenoxy) is 1. The third-order valence-electron chi connectivity index (χ3n) is 4.26. The molecular formula is C19H21F2N3OS. The lowest BCUT2D eigenvalue weighted by molar-refractivity contribution is 0.0341. The quantitative estimate of drug-likeness (QED) is 0.782. The van der Waals surface area contributed by atoms with Crippen LogP contribution >= 0.6 is 12.2 Å². The Kier molecular flexibility index (Phi) is 6.49. The fourth-order valence-electron chi connectivity index (χ4n) is 2.83. The van der Waals surface area contributed by atoms with Crippen molar-refractivity contribution in [3.8, 4) is 0 Å². The highest BCUT2D eigenvalue weighted by Crippen LogP contribution is 2.18. The van der Waals surface area contributed by atoms with E-state index < -0.39 is 11.6 Å². The molecule has 2 aromatic rings. The Morgan fingerprint density at radius 3 is 2.35 bits per heavy atom. The molecule has 1 heterocycles. The van der Waals surface area contributed by atoms with E-state index in [2.05, 4.69) is 21.6 Å². The maximum Gasteiger partial charge on any atom is 0.171 e. The first-order chi connectivity index (χ1) is 12.6. The average molecular weight is 377 g/mol. The molecule has 138 valence electrons. The molecule has 3 rings (SSSR count). The first kappa shape index (κ1) is 18.7. The fraction of sp³-hybridized carbons (Fsp3) is 0.316. The molecule has 1 saturated heterocycles. The van der Waals surface area contributed by atoms with Crippen LogP contribution in [0.1, 0.15) is 11.1 Å². The van der Waals surface area contributed by atoms with Crippen LogP contribution in [0.3, 0.4) is 0 Å². The summed E-state index contributed by atoms with van der Waals surface area (Å²) >= 11 is 5.18. The number of halogens is 2. The van der Waals surface area contributed by atoms with Crippen molar-refractivity contribution in [2.45, 2.75) is 13.1 Å². The zero-order chi connectivity index (χ0) is 18.4. The number of anilines is 1. The number of hydrogen-bond donors (Lipinski definition) is 2. The summed E-state index contributed by atoms with van der Waals surface area (Å²) in [4.78, 5) is 2.34. The van der Waals surface area contributed by atoms with E-state index in [0.717, 1.165) is 38.4 Å². The van der Waals surface area contributed by atoms with E-state index in [4.69, 9.17) is 17.0 Å². The Labute approximate surface area is 157 Å². The Bertz CT molecular complexity index is 746. The van der Waals surface area contributed by atoms with Crippen molar-refractivity contribution in [2.24, 2.45) is 0 Å². The topological polar surface area (TPSA) is 36.5 Å². The first-order valence-electron chi connectivity index (χ1n) is 8.49. The summed E-state index contributed by atoms with van der Waals surface area (Å²) in [6.07, 6.45) is 0. The molecule has 1 aliphatic rings. The minimum atomic E-state index is -0.679. The number of thiocarbonyl (C=S) groups is 1. The highest BCUT2D eigenvalue weighted by atomic mass is 32.1. The Hall–Kier alpha value is -2.09. The number of hydrogen-bond acceptors (Lipinski definition) is 3. The van der Waals surface area contributed by atoms with Crippen LogP contribution in [-0.2, 0) is 17.8 Å². The van der Waals surface area contributed by atoms with Gasteiger partial charge in [0, 0.05) is 26.2 Å². The molecule has 1 fully saturated rings. The molecule has 7 heteroatoms. The number of para-hydroxylation sites is 1. The van der Waals surface area contributed by atoms with Gasteiger partial charge in [0.1, 0.15) is 17.3 Å². The van der Waals surface area contributed by atoms with Crippen molar-refractivity contribution in [1.82, 2.24) is 10.2 Å². The number of nitrogens with one attached hydrogen (secondary N) is 2. The molecule has 0 saturated carbocycles. The SMILES string of the molecule is Fc1cccc(F)c1NC(=S)NCc1ccccc1CN1CCOCC1. The van der Waals surface area contributed by atoms with Crippen molar-refractivity contribution < 1.29 is 13.5 Å². The molecule has 0 aliphatic carbocycles. The third kappa shape index (κ3) is 4.97. The molecule has 0 spiro atoms. The van der Waals surface area contributed by atoms with Gasteiger partial charge in [-0.1, -0.05) is 30.3 Å². The molecule has 2 aromatic carbocycles. The van der Waals surface area contributed by atoms with Gasteiger partial charge >= 0.3 is 0 Å². The summed E-state index contributed by atoms with van der Waals surface area (Å²) in [5, 5.41) is 5.79. The van der Waals surface area contributed by atoms with Gasteiger partial charge < -0.3 is 15.4 Å². The van der Waals surface area contributed by atoms with Crippen molar-refractivity contribution in [3.05, 3.63) is 65.2 Å². The van der Waals surface area contributed by atoms with E-state index in [9.17, 15) is 8.78 Å². The van der Waals surface area contributed by atoms with Gasteiger partial charge in [0.05, 0.1) is 13.2 Å². The summed E-state index contributed by atoms with van der Waals surface area (Å²) in [6.45, 7) is 4.64.